The third kappa shape index (κ3) is 5.56. The standard InChI is InChI=1S/C10H23NO/c1-5-6-7-8-10(2)11(3)9-12-4/h10H,5-9H2,1-4H3. The molecule has 0 aliphatic rings. The molecule has 0 bridgehead atoms. The molecule has 0 N–H and O–H groups in total. The normalized spacial score (nSPS) is 13.8. The van der Waals surface area contributed by atoms with E-state index in [1.54, 1.807) is 7.11 Å². The molecule has 0 aromatic rings. The van der Waals surface area contributed by atoms with E-state index in [-0.39, 0.29) is 0 Å². The highest BCUT2D eigenvalue weighted by molar-refractivity contribution is 4.59. The van der Waals surface area contributed by atoms with E-state index >= 15 is 0 Å². The van der Waals surface area contributed by atoms with E-state index in [2.05, 4.69) is 25.8 Å². The summed E-state index contributed by atoms with van der Waals surface area (Å²) in [7, 11) is 3.86. The van der Waals surface area contributed by atoms with E-state index in [0.717, 1.165) is 6.73 Å². The van der Waals surface area contributed by atoms with Crippen molar-refractivity contribution in [2.45, 2.75) is 45.6 Å². The number of methoxy groups -OCH3 is 1. The molecule has 0 saturated carbocycles. The second kappa shape index (κ2) is 7.56. The minimum absolute atomic E-state index is 0.650. The second-order valence-electron chi connectivity index (χ2n) is 3.52. The summed E-state index contributed by atoms with van der Waals surface area (Å²) in [6, 6.07) is 0.650. The molecule has 0 aromatic heterocycles. The number of hydrogen-bond donors (Lipinski definition) is 0. The average molecular weight is 173 g/mol. The van der Waals surface area contributed by atoms with Crippen molar-refractivity contribution in [1.29, 1.82) is 0 Å². The molecule has 1 unspecified atom stereocenters. The third-order valence-corrected chi connectivity index (χ3v) is 2.31. The molecule has 0 heterocycles. The van der Waals surface area contributed by atoms with E-state index < -0.39 is 0 Å². The maximum absolute atomic E-state index is 5.06. The minimum atomic E-state index is 0.650. The summed E-state index contributed by atoms with van der Waals surface area (Å²) in [4.78, 5) is 2.25. The molecule has 0 aliphatic heterocycles. The second-order valence-corrected chi connectivity index (χ2v) is 3.52. The third-order valence-electron chi connectivity index (χ3n) is 2.31. The Bertz CT molecular complexity index is 95.8. The van der Waals surface area contributed by atoms with Gasteiger partial charge in [-0.05, 0) is 20.4 Å². The lowest BCUT2D eigenvalue weighted by atomic mass is 10.1. The summed E-state index contributed by atoms with van der Waals surface area (Å²) in [5, 5.41) is 0. The van der Waals surface area contributed by atoms with Gasteiger partial charge in [-0.15, -0.1) is 0 Å². The van der Waals surface area contributed by atoms with Crippen molar-refractivity contribution < 1.29 is 4.74 Å². The van der Waals surface area contributed by atoms with E-state index in [9.17, 15) is 0 Å². The van der Waals surface area contributed by atoms with Gasteiger partial charge in [0.05, 0.1) is 6.73 Å². The Morgan fingerprint density at radius 2 is 2.00 bits per heavy atom. The molecule has 0 radical (unpaired) electrons. The maximum Gasteiger partial charge on any atom is 0.0986 e. The Kier molecular flexibility index (Phi) is 7.51. The van der Waals surface area contributed by atoms with E-state index in [1.165, 1.54) is 25.7 Å². The van der Waals surface area contributed by atoms with Crippen molar-refractivity contribution in [2.75, 3.05) is 20.9 Å². The van der Waals surface area contributed by atoms with Gasteiger partial charge < -0.3 is 4.74 Å². The van der Waals surface area contributed by atoms with Crippen LogP contribution < -0.4 is 0 Å². The van der Waals surface area contributed by atoms with E-state index in [4.69, 9.17) is 4.74 Å². The molecular weight excluding hydrogens is 150 g/mol. The van der Waals surface area contributed by atoms with Crippen LogP contribution in [0, 0.1) is 0 Å². The number of unbranched alkanes of at least 4 members (excludes halogenated alkanes) is 2. The number of ether oxygens (including phenoxy) is 1. The highest BCUT2D eigenvalue weighted by Gasteiger charge is 2.06. The SMILES string of the molecule is CCCCCC(C)N(C)COC. The van der Waals surface area contributed by atoms with Crippen LogP contribution in [0.1, 0.15) is 39.5 Å². The first-order valence-electron chi connectivity index (χ1n) is 4.91. The van der Waals surface area contributed by atoms with Crippen molar-refractivity contribution in [1.82, 2.24) is 4.90 Å². The lowest BCUT2D eigenvalue weighted by Crippen LogP contribution is -2.30. The van der Waals surface area contributed by atoms with Gasteiger partial charge in [0.15, 0.2) is 0 Å². The molecule has 0 aromatic carbocycles. The first kappa shape index (κ1) is 11.9. The van der Waals surface area contributed by atoms with E-state index in [1.807, 2.05) is 0 Å². The van der Waals surface area contributed by atoms with Crippen molar-refractivity contribution in [2.24, 2.45) is 0 Å². The van der Waals surface area contributed by atoms with Crippen molar-refractivity contribution in [3.8, 4) is 0 Å². The topological polar surface area (TPSA) is 12.5 Å². The molecule has 0 saturated heterocycles. The van der Waals surface area contributed by atoms with Crippen LogP contribution in [0.5, 0.6) is 0 Å². The van der Waals surface area contributed by atoms with Gasteiger partial charge in [0.2, 0.25) is 0 Å². The molecule has 2 heteroatoms. The van der Waals surface area contributed by atoms with Crippen LogP contribution >= 0.6 is 0 Å². The Morgan fingerprint density at radius 3 is 2.50 bits per heavy atom. The molecule has 0 spiro atoms. The van der Waals surface area contributed by atoms with Crippen LogP contribution in [0.2, 0.25) is 0 Å². The number of nitrogens with zero attached hydrogens (tertiary/aromatic N) is 1. The van der Waals surface area contributed by atoms with Crippen LogP contribution in [0.4, 0.5) is 0 Å². The average Bonchev–Trinajstić information content (AvgIpc) is 2.05. The van der Waals surface area contributed by atoms with Gasteiger partial charge in [0.1, 0.15) is 0 Å². The summed E-state index contributed by atoms with van der Waals surface area (Å²) < 4.78 is 5.06. The zero-order valence-corrected chi connectivity index (χ0v) is 8.97. The summed E-state index contributed by atoms with van der Waals surface area (Å²) >= 11 is 0. The van der Waals surface area contributed by atoms with Gasteiger partial charge in [-0.1, -0.05) is 26.2 Å². The predicted octanol–water partition coefficient (Wildman–Crippen LogP) is 2.49. The predicted molar refractivity (Wildman–Crippen MR) is 53.2 cm³/mol. The van der Waals surface area contributed by atoms with Crippen LogP contribution in [-0.4, -0.2) is 31.8 Å². The van der Waals surface area contributed by atoms with Gasteiger partial charge in [-0.2, -0.15) is 0 Å². The molecule has 0 aliphatic carbocycles. The lowest BCUT2D eigenvalue weighted by Gasteiger charge is -2.23. The number of rotatable bonds is 7. The van der Waals surface area contributed by atoms with Gasteiger partial charge >= 0.3 is 0 Å². The fraction of sp³-hybridized carbons (Fsp3) is 1.00. The van der Waals surface area contributed by atoms with Crippen LogP contribution in [0.15, 0.2) is 0 Å². The molecule has 2 nitrogen and oxygen atoms in total. The van der Waals surface area contributed by atoms with Crippen molar-refractivity contribution in [3.05, 3.63) is 0 Å². The molecular formula is C10H23NO. The van der Waals surface area contributed by atoms with Crippen LogP contribution in [0.25, 0.3) is 0 Å². The Balaban J connectivity index is 3.35. The molecule has 1 atom stereocenters. The Morgan fingerprint density at radius 1 is 1.33 bits per heavy atom. The zero-order chi connectivity index (χ0) is 9.40. The van der Waals surface area contributed by atoms with E-state index in [0.29, 0.717) is 6.04 Å². The van der Waals surface area contributed by atoms with Crippen LogP contribution in [-0.2, 0) is 4.74 Å². The summed E-state index contributed by atoms with van der Waals surface area (Å²) in [6.45, 7) is 5.24. The zero-order valence-electron chi connectivity index (χ0n) is 8.97. The fourth-order valence-corrected chi connectivity index (χ4v) is 1.24. The monoisotopic (exact) mass is 173 g/mol. The highest BCUT2D eigenvalue weighted by Crippen LogP contribution is 2.07. The highest BCUT2D eigenvalue weighted by atomic mass is 16.5. The van der Waals surface area contributed by atoms with Gasteiger partial charge in [-0.3, -0.25) is 4.90 Å². The van der Waals surface area contributed by atoms with Gasteiger partial charge in [0.25, 0.3) is 0 Å². The summed E-state index contributed by atoms with van der Waals surface area (Å²) in [6.07, 6.45) is 5.28. The summed E-state index contributed by atoms with van der Waals surface area (Å²) in [5.74, 6) is 0. The Hall–Kier alpha value is -0.0800. The molecule has 0 amide bonds. The smallest absolute Gasteiger partial charge is 0.0986 e. The first-order valence-corrected chi connectivity index (χ1v) is 4.91. The van der Waals surface area contributed by atoms with Gasteiger partial charge in [-0.25, -0.2) is 0 Å². The van der Waals surface area contributed by atoms with Gasteiger partial charge in [0, 0.05) is 13.2 Å². The van der Waals surface area contributed by atoms with Crippen LogP contribution in [0.3, 0.4) is 0 Å². The first-order chi connectivity index (χ1) is 5.72. The fourth-order valence-electron chi connectivity index (χ4n) is 1.24. The molecule has 0 rings (SSSR count). The minimum Gasteiger partial charge on any atom is -0.369 e. The quantitative estimate of drug-likeness (QED) is 0.433. The molecule has 0 fully saturated rings. The lowest BCUT2D eigenvalue weighted by molar-refractivity contribution is 0.0548. The maximum atomic E-state index is 5.06. The summed E-state index contributed by atoms with van der Waals surface area (Å²) in [5.41, 5.74) is 0. The largest absolute Gasteiger partial charge is 0.369 e. The number of hydrogen-bond acceptors (Lipinski definition) is 2. The molecule has 12 heavy (non-hydrogen) atoms. The van der Waals surface area contributed by atoms with Crippen molar-refractivity contribution >= 4 is 0 Å². The molecule has 74 valence electrons. The van der Waals surface area contributed by atoms with Crippen molar-refractivity contribution in [3.63, 3.8) is 0 Å². The Labute approximate surface area is 76.9 Å².